The lowest BCUT2D eigenvalue weighted by molar-refractivity contribution is -0.148. The van der Waals surface area contributed by atoms with Crippen LogP contribution in [0.2, 0.25) is 0 Å². The van der Waals surface area contributed by atoms with Crippen molar-refractivity contribution < 1.29 is 23.1 Å². The van der Waals surface area contributed by atoms with Crippen molar-refractivity contribution in [1.29, 1.82) is 0 Å². The highest BCUT2D eigenvalue weighted by atomic mass is 32.2. The first-order chi connectivity index (χ1) is 8.52. The topological polar surface area (TPSA) is 127 Å². The Morgan fingerprint density at radius 2 is 1.95 bits per heavy atom. The van der Waals surface area contributed by atoms with E-state index in [1.54, 1.807) is 6.92 Å². The van der Waals surface area contributed by atoms with Crippen LogP contribution in [0, 0.1) is 5.41 Å². The Hall–Kier alpha value is -1.15. The van der Waals surface area contributed by atoms with Crippen molar-refractivity contribution in [3.8, 4) is 0 Å². The summed E-state index contributed by atoms with van der Waals surface area (Å²) in [4.78, 5) is 22.7. The molecule has 0 aliphatic rings. The number of amides is 1. The first kappa shape index (κ1) is 17.8. The molecule has 1 amide bonds. The van der Waals surface area contributed by atoms with Gasteiger partial charge in [0.25, 0.3) is 0 Å². The van der Waals surface area contributed by atoms with Crippen molar-refractivity contribution in [3.05, 3.63) is 0 Å². The van der Waals surface area contributed by atoms with Crippen LogP contribution in [0.3, 0.4) is 0 Å². The number of carbonyl (C=O) groups excluding carboxylic acids is 1. The molecule has 0 aromatic carbocycles. The maximum atomic E-state index is 11.6. The summed E-state index contributed by atoms with van der Waals surface area (Å²) in [5.41, 5.74) is 4.50. The number of hydrogen-bond acceptors (Lipinski definition) is 5. The number of carboxylic acid groups (broad SMARTS) is 1. The zero-order valence-corrected chi connectivity index (χ0v) is 12.3. The van der Waals surface area contributed by atoms with Gasteiger partial charge in [-0.05, 0) is 19.8 Å². The molecule has 0 aliphatic carbocycles. The Balaban J connectivity index is 4.35. The van der Waals surface area contributed by atoms with Gasteiger partial charge in [-0.15, -0.1) is 0 Å². The minimum absolute atomic E-state index is 0.0145. The molecule has 0 aliphatic heterocycles. The predicted molar refractivity (Wildman–Crippen MR) is 71.3 cm³/mol. The number of nitrogens with one attached hydrogen (secondary N) is 1. The third-order valence-electron chi connectivity index (χ3n) is 3.09. The van der Waals surface area contributed by atoms with Crippen molar-refractivity contribution in [2.24, 2.45) is 11.1 Å². The van der Waals surface area contributed by atoms with Gasteiger partial charge in [-0.25, -0.2) is 8.42 Å². The van der Waals surface area contributed by atoms with Crippen LogP contribution in [0.25, 0.3) is 0 Å². The monoisotopic (exact) mass is 294 g/mol. The molecule has 0 aromatic heterocycles. The molecular formula is C11H22N2O5S. The van der Waals surface area contributed by atoms with Gasteiger partial charge in [-0.2, -0.15) is 0 Å². The van der Waals surface area contributed by atoms with E-state index in [1.807, 2.05) is 0 Å². The van der Waals surface area contributed by atoms with Gasteiger partial charge in [0.2, 0.25) is 5.91 Å². The fourth-order valence-corrected chi connectivity index (χ4v) is 1.92. The fraction of sp³-hybridized carbons (Fsp3) is 0.818. The van der Waals surface area contributed by atoms with E-state index in [-0.39, 0.29) is 18.7 Å². The zero-order valence-electron chi connectivity index (χ0n) is 11.5. The van der Waals surface area contributed by atoms with E-state index in [4.69, 9.17) is 10.8 Å². The number of rotatable bonds is 8. The van der Waals surface area contributed by atoms with Gasteiger partial charge in [0.1, 0.15) is 9.84 Å². The van der Waals surface area contributed by atoms with Crippen LogP contribution in [0.15, 0.2) is 0 Å². The summed E-state index contributed by atoms with van der Waals surface area (Å²) in [6.45, 7) is 3.20. The van der Waals surface area contributed by atoms with Crippen LogP contribution >= 0.6 is 0 Å². The van der Waals surface area contributed by atoms with E-state index in [0.717, 1.165) is 6.26 Å². The molecule has 0 bridgehead atoms. The third kappa shape index (κ3) is 6.53. The molecule has 4 N–H and O–H groups in total. The number of sulfone groups is 1. The van der Waals surface area contributed by atoms with Gasteiger partial charge < -0.3 is 16.2 Å². The molecule has 19 heavy (non-hydrogen) atoms. The highest BCUT2D eigenvalue weighted by Gasteiger charge is 2.32. The second-order valence-corrected chi connectivity index (χ2v) is 7.22. The lowest BCUT2D eigenvalue weighted by Crippen LogP contribution is -2.47. The molecule has 0 saturated carbocycles. The first-order valence-electron chi connectivity index (χ1n) is 5.96. The molecule has 0 heterocycles. The summed E-state index contributed by atoms with van der Waals surface area (Å²) >= 11 is 0. The quantitative estimate of drug-likeness (QED) is 0.547. The van der Waals surface area contributed by atoms with E-state index in [2.05, 4.69) is 5.32 Å². The van der Waals surface area contributed by atoms with Crippen molar-refractivity contribution >= 4 is 21.7 Å². The minimum atomic E-state index is -3.17. The predicted octanol–water partition coefficient (Wildman–Crippen LogP) is -0.634. The van der Waals surface area contributed by atoms with E-state index < -0.39 is 33.2 Å². The summed E-state index contributed by atoms with van der Waals surface area (Å²) in [6, 6.07) is -0.954. The molecule has 7 nitrogen and oxygen atoms in total. The molecule has 0 fully saturated rings. The molecule has 8 heteroatoms. The molecule has 2 atom stereocenters. The summed E-state index contributed by atoms with van der Waals surface area (Å²) in [6.07, 6.45) is 1.44. The largest absolute Gasteiger partial charge is 0.481 e. The fourth-order valence-electron chi connectivity index (χ4n) is 1.24. The van der Waals surface area contributed by atoms with Gasteiger partial charge in [-0.3, -0.25) is 9.59 Å². The van der Waals surface area contributed by atoms with Crippen LogP contribution in [0.5, 0.6) is 0 Å². The molecule has 0 aromatic rings. The number of hydrogen-bond donors (Lipinski definition) is 3. The lowest BCUT2D eigenvalue weighted by Gasteiger charge is -2.24. The summed E-state index contributed by atoms with van der Waals surface area (Å²) in [5, 5.41) is 11.5. The number of aliphatic carboxylic acids is 1. The Bertz CT molecular complexity index is 434. The average Bonchev–Trinajstić information content (AvgIpc) is 2.31. The maximum absolute atomic E-state index is 11.6. The van der Waals surface area contributed by atoms with Crippen LogP contribution in [0.1, 0.15) is 26.7 Å². The van der Waals surface area contributed by atoms with Crippen molar-refractivity contribution in [3.63, 3.8) is 0 Å². The first-order valence-corrected chi connectivity index (χ1v) is 8.02. The highest BCUT2D eigenvalue weighted by Crippen LogP contribution is 2.19. The minimum Gasteiger partial charge on any atom is -0.481 e. The van der Waals surface area contributed by atoms with E-state index in [0.29, 0.717) is 6.42 Å². The van der Waals surface area contributed by atoms with Gasteiger partial charge in [0, 0.05) is 12.8 Å². The Morgan fingerprint density at radius 3 is 2.32 bits per heavy atom. The average molecular weight is 294 g/mol. The normalized spacial score (nSPS) is 16.4. The van der Waals surface area contributed by atoms with Crippen molar-refractivity contribution in [1.82, 2.24) is 5.32 Å². The van der Waals surface area contributed by atoms with Crippen LogP contribution in [-0.4, -0.2) is 50.0 Å². The number of carboxylic acids is 1. The van der Waals surface area contributed by atoms with Gasteiger partial charge >= 0.3 is 5.97 Å². The molecule has 0 spiro atoms. The molecule has 0 rings (SSSR count). The van der Waals surface area contributed by atoms with Crippen LogP contribution < -0.4 is 11.1 Å². The zero-order chi connectivity index (χ0) is 15.3. The summed E-state index contributed by atoms with van der Waals surface area (Å²) in [7, 11) is -3.17. The standard InChI is InChI=1S/C11H22N2O5S/c1-4-11(2,10(15)16)7-13-9(14)8(12)5-6-19(3,17)18/h8H,4-7,12H2,1-3H3,(H,13,14)(H,15,16). The van der Waals surface area contributed by atoms with Crippen LogP contribution in [-0.2, 0) is 19.4 Å². The number of nitrogens with two attached hydrogens (primary N) is 1. The Labute approximate surface area is 113 Å². The van der Waals surface area contributed by atoms with Gasteiger partial charge in [0.05, 0.1) is 17.2 Å². The molecule has 0 radical (unpaired) electrons. The highest BCUT2D eigenvalue weighted by molar-refractivity contribution is 7.90. The second kappa shape index (κ2) is 6.85. The second-order valence-electron chi connectivity index (χ2n) is 4.96. The Morgan fingerprint density at radius 1 is 1.42 bits per heavy atom. The smallest absolute Gasteiger partial charge is 0.311 e. The van der Waals surface area contributed by atoms with E-state index >= 15 is 0 Å². The van der Waals surface area contributed by atoms with Gasteiger partial charge in [0.15, 0.2) is 0 Å². The van der Waals surface area contributed by atoms with Crippen LogP contribution in [0.4, 0.5) is 0 Å². The molecule has 2 unspecified atom stereocenters. The van der Waals surface area contributed by atoms with E-state index in [9.17, 15) is 18.0 Å². The molecule has 112 valence electrons. The molecule has 0 saturated heterocycles. The van der Waals surface area contributed by atoms with Gasteiger partial charge in [-0.1, -0.05) is 6.92 Å². The molecular weight excluding hydrogens is 272 g/mol. The maximum Gasteiger partial charge on any atom is 0.311 e. The van der Waals surface area contributed by atoms with Crippen molar-refractivity contribution in [2.75, 3.05) is 18.6 Å². The Kier molecular flexibility index (Phi) is 6.44. The van der Waals surface area contributed by atoms with E-state index in [1.165, 1.54) is 6.92 Å². The van der Waals surface area contributed by atoms with Crippen molar-refractivity contribution in [2.45, 2.75) is 32.7 Å². The lowest BCUT2D eigenvalue weighted by atomic mass is 9.87. The SMILES string of the molecule is CCC(C)(CNC(=O)C(N)CCS(C)(=O)=O)C(=O)O. The summed E-state index contributed by atoms with van der Waals surface area (Å²) < 4.78 is 21.9. The third-order valence-corrected chi connectivity index (χ3v) is 4.06. The number of carbonyl (C=O) groups is 2. The summed E-state index contributed by atoms with van der Waals surface area (Å²) in [5.74, 6) is -1.71.